The molecule has 2 nitrogen and oxygen atoms in total. The molecule has 0 unspecified atom stereocenters. The van der Waals surface area contributed by atoms with Crippen molar-refractivity contribution in [1.82, 2.24) is 0 Å². The first kappa shape index (κ1) is 9.69. The van der Waals surface area contributed by atoms with Crippen LogP contribution in [0.5, 0.6) is 0 Å². The molecule has 0 aliphatic rings. The predicted octanol–water partition coefficient (Wildman–Crippen LogP) is 0.266. The molecule has 0 rings (SSSR count). The summed E-state index contributed by atoms with van der Waals surface area (Å²) in [5, 5.41) is 8.06. The zero-order valence-corrected chi connectivity index (χ0v) is 5.49. The number of hydrogen-bond donors (Lipinski definition) is 1. The van der Waals surface area contributed by atoms with Gasteiger partial charge in [0.05, 0.1) is 0 Å². The average Bonchev–Trinajstić information content (AvgIpc) is 1.41. The molecule has 0 saturated carbocycles. The first-order chi connectivity index (χ1) is 2.73. The van der Waals surface area contributed by atoms with Gasteiger partial charge in [-0.2, -0.15) is 0 Å². The van der Waals surface area contributed by atoms with Crippen LogP contribution in [0.15, 0.2) is 0 Å². The summed E-state index contributed by atoms with van der Waals surface area (Å²) in [6, 6.07) is 0. The summed E-state index contributed by atoms with van der Waals surface area (Å²) in [6.45, 7) is 3.44. The summed E-state index contributed by atoms with van der Waals surface area (Å²) < 4.78 is 8.25. The van der Waals surface area contributed by atoms with Gasteiger partial charge in [-0.25, -0.2) is 0 Å². The van der Waals surface area contributed by atoms with E-state index in [2.05, 4.69) is 0 Å². The first-order valence-corrected chi connectivity index (χ1v) is 2.25. The minimum absolute atomic E-state index is 0.167. The van der Waals surface area contributed by atoms with Crippen molar-refractivity contribution in [1.29, 1.82) is 0 Å². The number of aliphatic hydroxyl groups is 1. The first-order valence-electron chi connectivity index (χ1n) is 1.62. The van der Waals surface area contributed by atoms with Gasteiger partial charge in [-0.15, -0.1) is 0 Å². The second kappa shape index (κ2) is 9.08. The van der Waals surface area contributed by atoms with E-state index in [1.807, 2.05) is 0 Å². The molecule has 0 spiro atoms. The van der Waals surface area contributed by atoms with Crippen LogP contribution in [0.4, 0.5) is 0 Å². The van der Waals surface area contributed by atoms with E-state index in [-0.39, 0.29) is 6.10 Å². The standard InChI is InChI=1S/C3H8O.O.Ti/c1-3(2)4;;/h3-4H,1-2H3;;. The third-order valence-corrected chi connectivity index (χ3v) is 0. The molecule has 1 N–H and O–H groups in total. The van der Waals surface area contributed by atoms with Crippen molar-refractivity contribution in [3.05, 3.63) is 0 Å². The molecule has 0 aliphatic carbocycles. The van der Waals surface area contributed by atoms with Crippen LogP contribution in [0, 0.1) is 0 Å². The van der Waals surface area contributed by atoms with Crippen molar-refractivity contribution in [3.63, 3.8) is 0 Å². The minimum atomic E-state index is -0.167. The fourth-order valence-corrected chi connectivity index (χ4v) is 0. The molecular weight excluding hydrogens is 116 g/mol. The summed E-state index contributed by atoms with van der Waals surface area (Å²) in [7, 11) is 0. The number of rotatable bonds is 0. The van der Waals surface area contributed by atoms with E-state index in [0.29, 0.717) is 0 Å². The van der Waals surface area contributed by atoms with Crippen LogP contribution >= 0.6 is 0 Å². The maximum absolute atomic E-state index is 8.25. The van der Waals surface area contributed by atoms with Gasteiger partial charge in [0.25, 0.3) is 0 Å². The molecule has 0 fully saturated rings. The van der Waals surface area contributed by atoms with Crippen molar-refractivity contribution < 1.29 is 28.8 Å². The van der Waals surface area contributed by atoms with Gasteiger partial charge in [0.1, 0.15) is 0 Å². The topological polar surface area (TPSA) is 37.3 Å². The summed E-state index contributed by atoms with van der Waals surface area (Å²) in [6.07, 6.45) is -0.167. The van der Waals surface area contributed by atoms with Crippen molar-refractivity contribution >= 4 is 0 Å². The molecule has 0 amide bonds. The van der Waals surface area contributed by atoms with E-state index in [1.54, 1.807) is 13.8 Å². The van der Waals surface area contributed by atoms with Crippen molar-refractivity contribution in [3.8, 4) is 0 Å². The average molecular weight is 124 g/mol. The Kier molecular flexibility index (Phi) is 14.7. The molecule has 0 radical (unpaired) electrons. The predicted molar refractivity (Wildman–Crippen MR) is 18.0 cm³/mol. The second-order valence-electron chi connectivity index (χ2n) is 1.09. The molecule has 0 aromatic carbocycles. The van der Waals surface area contributed by atoms with E-state index in [0.717, 1.165) is 20.4 Å². The molecule has 0 aliphatic heterocycles. The Morgan fingerprint density at radius 3 is 1.50 bits per heavy atom. The Labute approximate surface area is 49.3 Å². The monoisotopic (exact) mass is 124 g/mol. The van der Waals surface area contributed by atoms with E-state index >= 15 is 0 Å². The van der Waals surface area contributed by atoms with Crippen molar-refractivity contribution in [2.45, 2.75) is 20.0 Å². The van der Waals surface area contributed by atoms with Crippen LogP contribution < -0.4 is 0 Å². The molecular formula is C3H8O2Ti. The summed E-state index contributed by atoms with van der Waals surface area (Å²) in [5.41, 5.74) is 0. The third kappa shape index (κ3) is 240. The summed E-state index contributed by atoms with van der Waals surface area (Å²) >= 11 is 0.750. The van der Waals surface area contributed by atoms with E-state index in [9.17, 15) is 0 Å². The van der Waals surface area contributed by atoms with Gasteiger partial charge in [-0.05, 0) is 13.8 Å². The van der Waals surface area contributed by atoms with Gasteiger partial charge in [-0.3, -0.25) is 0 Å². The SMILES string of the molecule is CC(C)O.[O]=[Ti]. The summed E-state index contributed by atoms with van der Waals surface area (Å²) in [5.74, 6) is 0. The Bertz CT molecular complexity index is 20.0. The van der Waals surface area contributed by atoms with Gasteiger partial charge in [0.15, 0.2) is 0 Å². The molecule has 0 atom stereocenters. The fraction of sp³-hybridized carbons (Fsp3) is 1.00. The van der Waals surface area contributed by atoms with Gasteiger partial charge in [-0.1, -0.05) is 0 Å². The Hall–Kier alpha value is 0.474. The molecule has 0 aromatic rings. The van der Waals surface area contributed by atoms with Gasteiger partial charge in [0, 0.05) is 6.10 Å². The molecule has 36 valence electrons. The third-order valence-electron chi connectivity index (χ3n) is 0. The van der Waals surface area contributed by atoms with E-state index in [1.165, 1.54) is 0 Å². The molecule has 0 heterocycles. The van der Waals surface area contributed by atoms with E-state index in [4.69, 9.17) is 8.43 Å². The summed E-state index contributed by atoms with van der Waals surface area (Å²) in [4.78, 5) is 0. The number of hydrogen-bond acceptors (Lipinski definition) is 2. The van der Waals surface area contributed by atoms with Crippen LogP contribution in [-0.2, 0) is 23.7 Å². The molecule has 0 aromatic heterocycles. The molecule has 0 bridgehead atoms. The van der Waals surface area contributed by atoms with Gasteiger partial charge in [0.2, 0.25) is 0 Å². The van der Waals surface area contributed by atoms with Gasteiger partial charge >= 0.3 is 23.7 Å². The zero-order valence-electron chi connectivity index (χ0n) is 3.93. The normalized spacial score (nSPS) is 6.50. The maximum atomic E-state index is 8.25. The van der Waals surface area contributed by atoms with Crippen LogP contribution in [0.1, 0.15) is 13.8 Å². The Morgan fingerprint density at radius 1 is 1.50 bits per heavy atom. The van der Waals surface area contributed by atoms with Crippen molar-refractivity contribution in [2.24, 2.45) is 0 Å². The van der Waals surface area contributed by atoms with E-state index < -0.39 is 0 Å². The van der Waals surface area contributed by atoms with Gasteiger partial charge < -0.3 is 5.11 Å². The second-order valence-corrected chi connectivity index (χ2v) is 1.09. The van der Waals surface area contributed by atoms with Crippen LogP contribution in [0.25, 0.3) is 0 Å². The fourth-order valence-electron chi connectivity index (χ4n) is 0. The van der Waals surface area contributed by atoms with Crippen LogP contribution in [0.3, 0.4) is 0 Å². The zero-order chi connectivity index (χ0) is 5.58. The molecule has 6 heavy (non-hydrogen) atoms. The number of aliphatic hydroxyl groups excluding tert-OH is 1. The quantitative estimate of drug-likeness (QED) is 0.470. The molecule has 3 heteroatoms. The molecule has 0 saturated heterocycles. The Morgan fingerprint density at radius 2 is 1.50 bits per heavy atom. The van der Waals surface area contributed by atoms with Crippen LogP contribution in [0.2, 0.25) is 0 Å². The van der Waals surface area contributed by atoms with Crippen LogP contribution in [-0.4, -0.2) is 11.2 Å². The Balaban J connectivity index is 0. The van der Waals surface area contributed by atoms with Crippen molar-refractivity contribution in [2.75, 3.05) is 0 Å².